The number of morpholine rings is 1. The molecular weight excluding hydrogens is 492 g/mol. The minimum absolute atomic E-state index is 0.0165. The lowest BCUT2D eigenvalue weighted by Gasteiger charge is -2.39. The Bertz CT molecular complexity index is 1180. The van der Waals surface area contributed by atoms with E-state index in [0.717, 1.165) is 64.3 Å². The highest BCUT2D eigenvalue weighted by Gasteiger charge is 2.30. The van der Waals surface area contributed by atoms with Crippen LogP contribution in [0.4, 0.5) is 16.2 Å². The molecule has 2 fully saturated rings. The van der Waals surface area contributed by atoms with Gasteiger partial charge < -0.3 is 29.5 Å². The summed E-state index contributed by atoms with van der Waals surface area (Å²) in [6, 6.07) is 12.4. The van der Waals surface area contributed by atoms with E-state index in [9.17, 15) is 9.59 Å². The van der Waals surface area contributed by atoms with Gasteiger partial charge in [-0.05, 0) is 94.0 Å². The van der Waals surface area contributed by atoms with E-state index in [-0.39, 0.29) is 18.0 Å². The Morgan fingerprint density at radius 2 is 1.59 bits per heavy atom. The second kappa shape index (κ2) is 11.5. The molecule has 8 heteroatoms. The SMILES string of the molecule is Cc1ccc(N2CCN(C(=O)OC(C)(C)C)CC2)c2c1CC[C@@H](NC(=O)c1ccc(N3CCOCC3)cc1)C2. The third-order valence-electron chi connectivity index (χ3n) is 7.95. The van der Waals surface area contributed by atoms with Gasteiger partial charge in [-0.2, -0.15) is 0 Å². The molecule has 2 aromatic rings. The summed E-state index contributed by atoms with van der Waals surface area (Å²) in [5.41, 5.74) is 6.61. The van der Waals surface area contributed by atoms with Crippen molar-refractivity contribution in [3.05, 3.63) is 58.7 Å². The molecule has 1 N–H and O–H groups in total. The predicted octanol–water partition coefficient (Wildman–Crippen LogP) is 4.18. The molecule has 8 nitrogen and oxygen atoms in total. The third-order valence-corrected chi connectivity index (χ3v) is 7.95. The van der Waals surface area contributed by atoms with Crippen LogP contribution in [-0.2, 0) is 22.3 Å². The lowest BCUT2D eigenvalue weighted by atomic mass is 9.84. The number of hydrogen-bond donors (Lipinski definition) is 1. The number of nitrogens with zero attached hydrogens (tertiary/aromatic N) is 3. The van der Waals surface area contributed by atoms with E-state index in [1.807, 2.05) is 45.0 Å². The van der Waals surface area contributed by atoms with E-state index in [2.05, 4.69) is 34.2 Å². The Kier molecular flexibility index (Phi) is 8.03. The molecule has 2 amide bonds. The number of anilines is 2. The van der Waals surface area contributed by atoms with Crippen LogP contribution in [0.2, 0.25) is 0 Å². The number of nitrogens with one attached hydrogen (secondary N) is 1. The number of benzene rings is 2. The van der Waals surface area contributed by atoms with E-state index in [1.165, 1.54) is 22.4 Å². The van der Waals surface area contributed by atoms with Crippen LogP contribution < -0.4 is 15.1 Å². The number of aryl methyl sites for hydroxylation is 1. The van der Waals surface area contributed by atoms with Crippen molar-refractivity contribution in [2.45, 2.75) is 58.6 Å². The normalized spacial score (nSPS) is 19.9. The van der Waals surface area contributed by atoms with Gasteiger partial charge in [-0.1, -0.05) is 6.07 Å². The standard InChI is InChI=1S/C31H42N4O4/c1-22-5-12-28(34-13-15-35(16-14-34)30(37)39-31(2,3)4)27-21-24(8-11-26(22)27)32-29(36)23-6-9-25(10-7-23)33-17-19-38-20-18-33/h5-7,9-10,12,24H,8,11,13-21H2,1-4H3,(H,32,36)/t24-/m1/s1. The predicted molar refractivity (Wildman–Crippen MR) is 154 cm³/mol. The van der Waals surface area contributed by atoms with Gasteiger partial charge in [0.2, 0.25) is 0 Å². The summed E-state index contributed by atoms with van der Waals surface area (Å²) in [5.74, 6) is -0.0165. The summed E-state index contributed by atoms with van der Waals surface area (Å²) in [5, 5.41) is 3.31. The van der Waals surface area contributed by atoms with Crippen LogP contribution in [0.15, 0.2) is 36.4 Å². The number of rotatable bonds is 4. The first-order chi connectivity index (χ1) is 18.7. The van der Waals surface area contributed by atoms with Crippen LogP contribution in [0.5, 0.6) is 0 Å². The number of carbonyl (C=O) groups excluding carboxylic acids is 2. The third kappa shape index (κ3) is 6.49. The highest BCUT2D eigenvalue weighted by molar-refractivity contribution is 5.94. The molecule has 0 bridgehead atoms. The van der Waals surface area contributed by atoms with Crippen LogP contribution in [0.1, 0.15) is 54.2 Å². The Hall–Kier alpha value is -3.26. The topological polar surface area (TPSA) is 74.4 Å². The smallest absolute Gasteiger partial charge is 0.410 e. The molecule has 0 aromatic heterocycles. The van der Waals surface area contributed by atoms with Crippen LogP contribution in [0, 0.1) is 6.92 Å². The van der Waals surface area contributed by atoms with Gasteiger partial charge >= 0.3 is 6.09 Å². The molecule has 2 aromatic carbocycles. The molecule has 3 aliphatic rings. The molecule has 2 heterocycles. The first-order valence-electron chi connectivity index (χ1n) is 14.3. The number of ether oxygens (including phenoxy) is 2. The Labute approximate surface area is 232 Å². The summed E-state index contributed by atoms with van der Waals surface area (Å²) in [4.78, 5) is 32.2. The average molecular weight is 535 g/mol. The second-order valence-corrected chi connectivity index (χ2v) is 11.9. The number of hydrogen-bond acceptors (Lipinski definition) is 6. The molecule has 0 unspecified atom stereocenters. The zero-order valence-corrected chi connectivity index (χ0v) is 23.8. The van der Waals surface area contributed by atoms with Crippen molar-refractivity contribution in [3.8, 4) is 0 Å². The molecule has 0 spiro atoms. The fourth-order valence-corrected chi connectivity index (χ4v) is 5.83. The van der Waals surface area contributed by atoms with Gasteiger partial charge in [0.15, 0.2) is 0 Å². The van der Waals surface area contributed by atoms with E-state index < -0.39 is 5.60 Å². The van der Waals surface area contributed by atoms with Crippen LogP contribution in [0.25, 0.3) is 0 Å². The summed E-state index contributed by atoms with van der Waals surface area (Å²) < 4.78 is 11.0. The quantitative estimate of drug-likeness (QED) is 0.635. The molecule has 210 valence electrons. The maximum absolute atomic E-state index is 13.2. The van der Waals surface area contributed by atoms with Crippen LogP contribution in [0.3, 0.4) is 0 Å². The van der Waals surface area contributed by atoms with E-state index in [0.29, 0.717) is 18.7 Å². The van der Waals surface area contributed by atoms with Gasteiger partial charge in [0.1, 0.15) is 5.60 Å². The van der Waals surface area contributed by atoms with Gasteiger partial charge in [-0.3, -0.25) is 4.79 Å². The minimum atomic E-state index is -0.492. The molecule has 2 aliphatic heterocycles. The zero-order chi connectivity index (χ0) is 27.6. The van der Waals surface area contributed by atoms with Crippen LogP contribution in [-0.4, -0.2) is 81.0 Å². The van der Waals surface area contributed by atoms with Crippen molar-refractivity contribution in [3.63, 3.8) is 0 Å². The Morgan fingerprint density at radius 3 is 2.26 bits per heavy atom. The first-order valence-corrected chi connectivity index (χ1v) is 14.3. The number of piperazine rings is 1. The first kappa shape index (κ1) is 27.3. The highest BCUT2D eigenvalue weighted by Crippen LogP contribution is 2.34. The summed E-state index contributed by atoms with van der Waals surface area (Å²) in [6.45, 7) is 13.9. The molecule has 0 radical (unpaired) electrons. The molecule has 5 rings (SSSR count). The maximum atomic E-state index is 13.2. The van der Waals surface area contributed by atoms with Gasteiger partial charge in [0.25, 0.3) is 5.91 Å². The monoisotopic (exact) mass is 534 g/mol. The fourth-order valence-electron chi connectivity index (χ4n) is 5.83. The molecule has 39 heavy (non-hydrogen) atoms. The maximum Gasteiger partial charge on any atom is 0.410 e. The lowest BCUT2D eigenvalue weighted by Crippen LogP contribution is -2.50. The molecule has 2 saturated heterocycles. The number of fused-ring (bicyclic) bond motifs is 1. The van der Waals surface area contributed by atoms with Gasteiger partial charge in [0.05, 0.1) is 13.2 Å². The zero-order valence-electron chi connectivity index (χ0n) is 23.8. The van der Waals surface area contributed by atoms with Crippen molar-refractivity contribution >= 4 is 23.4 Å². The Balaban J connectivity index is 1.23. The highest BCUT2D eigenvalue weighted by atomic mass is 16.6. The Morgan fingerprint density at radius 1 is 0.897 bits per heavy atom. The van der Waals surface area contributed by atoms with Gasteiger partial charge in [0, 0.05) is 62.2 Å². The minimum Gasteiger partial charge on any atom is -0.444 e. The fraction of sp³-hybridized carbons (Fsp3) is 0.548. The van der Waals surface area contributed by atoms with Crippen molar-refractivity contribution in [2.75, 3.05) is 62.3 Å². The van der Waals surface area contributed by atoms with Crippen molar-refractivity contribution in [1.29, 1.82) is 0 Å². The van der Waals surface area contributed by atoms with Crippen LogP contribution >= 0.6 is 0 Å². The van der Waals surface area contributed by atoms with Crippen molar-refractivity contribution in [2.24, 2.45) is 0 Å². The van der Waals surface area contributed by atoms with E-state index in [4.69, 9.17) is 9.47 Å². The summed E-state index contributed by atoms with van der Waals surface area (Å²) >= 11 is 0. The molecule has 1 aliphatic carbocycles. The second-order valence-electron chi connectivity index (χ2n) is 11.9. The van der Waals surface area contributed by atoms with E-state index >= 15 is 0 Å². The summed E-state index contributed by atoms with van der Waals surface area (Å²) in [6.07, 6.45) is 2.46. The van der Waals surface area contributed by atoms with Gasteiger partial charge in [-0.25, -0.2) is 4.79 Å². The number of carbonyl (C=O) groups is 2. The molecule has 1 atom stereocenters. The van der Waals surface area contributed by atoms with Crippen molar-refractivity contribution in [1.82, 2.24) is 10.2 Å². The van der Waals surface area contributed by atoms with E-state index in [1.54, 1.807) is 4.90 Å². The average Bonchev–Trinajstić information content (AvgIpc) is 2.93. The van der Waals surface area contributed by atoms with Gasteiger partial charge in [-0.15, -0.1) is 0 Å². The summed E-state index contributed by atoms with van der Waals surface area (Å²) in [7, 11) is 0. The lowest BCUT2D eigenvalue weighted by molar-refractivity contribution is 0.0240. The van der Waals surface area contributed by atoms with Crippen molar-refractivity contribution < 1.29 is 19.1 Å². The number of amides is 2. The molecule has 0 saturated carbocycles. The molecular formula is C31H42N4O4. The largest absolute Gasteiger partial charge is 0.444 e.